The van der Waals surface area contributed by atoms with Gasteiger partial charge in [-0.1, -0.05) is 40.2 Å². The first-order valence-electron chi connectivity index (χ1n) is 17.8. The van der Waals surface area contributed by atoms with Crippen LogP contribution in [0.15, 0.2) is 11.6 Å². The van der Waals surface area contributed by atoms with E-state index in [9.17, 15) is 24.0 Å². The van der Waals surface area contributed by atoms with Gasteiger partial charge in [0.1, 0.15) is 11.9 Å². The van der Waals surface area contributed by atoms with Crippen LogP contribution < -0.4 is 0 Å². The smallest absolute Gasteiger partial charge is 0.463 e. The van der Waals surface area contributed by atoms with Gasteiger partial charge in [-0.15, -0.1) is 0 Å². The van der Waals surface area contributed by atoms with Gasteiger partial charge in [0.15, 0.2) is 18.2 Å². The highest BCUT2D eigenvalue weighted by atomic mass is 32.2. The topological polar surface area (TPSA) is 133 Å². The second-order valence-corrected chi connectivity index (χ2v) is 15.3. The van der Waals surface area contributed by atoms with Gasteiger partial charge in [-0.25, -0.2) is 4.79 Å². The Hall–Kier alpha value is -2.20. The summed E-state index contributed by atoms with van der Waals surface area (Å²) in [6.45, 7) is 16.7. The van der Waals surface area contributed by atoms with Crippen LogP contribution in [-0.2, 0) is 33.4 Å². The van der Waals surface area contributed by atoms with Crippen molar-refractivity contribution in [2.24, 2.45) is 34.5 Å². The minimum Gasteiger partial charge on any atom is -0.463 e. The van der Waals surface area contributed by atoms with E-state index in [1.54, 1.807) is 31.7 Å². The number of fused-ring (bicyclic) bond motifs is 5. The summed E-state index contributed by atoms with van der Waals surface area (Å²) in [5, 5.41) is 8.36. The number of esters is 1. The highest BCUT2D eigenvalue weighted by molar-refractivity contribution is 7.97. The van der Waals surface area contributed by atoms with Crippen LogP contribution in [0.5, 0.6) is 0 Å². The standard InChI is InChI=1S/C26H36O6.C6H12O2.C4H10O.C2H6S/c1-5-15(2)32-24(30)31-14-22(29)20-9-8-19-18-7-6-16-12-17(27)10-11-25(16,3)23(18)21(28)13-26(19,20)4;1-4-5(2)8-6(3)7;1-3-4(2)5;1-3-2/h12,15,18-20,23H,5-11,13-14H2,1-4H3;5H,4H2,1-3H3;4-5H,3H2,1-2H3;1-2H3. The minimum atomic E-state index is -0.807. The molecule has 3 fully saturated rings. The maximum absolute atomic E-state index is 13.6. The van der Waals surface area contributed by atoms with E-state index in [1.165, 1.54) is 6.92 Å². The maximum Gasteiger partial charge on any atom is 0.508 e. The summed E-state index contributed by atoms with van der Waals surface area (Å²) in [4.78, 5) is 60.7. The van der Waals surface area contributed by atoms with Gasteiger partial charge in [-0.05, 0) is 113 Å². The van der Waals surface area contributed by atoms with Gasteiger partial charge in [-0.2, -0.15) is 11.8 Å². The normalized spacial score (nSPS) is 30.3. The minimum absolute atomic E-state index is 0.0516. The predicted octanol–water partition coefficient (Wildman–Crippen LogP) is 7.94. The fraction of sp³-hybridized carbons (Fsp3) is 0.816. The second kappa shape index (κ2) is 20.5. The van der Waals surface area contributed by atoms with Crippen LogP contribution in [0.3, 0.4) is 0 Å². The average molecular weight is 697 g/mol. The van der Waals surface area contributed by atoms with Gasteiger partial charge < -0.3 is 19.3 Å². The molecule has 4 aliphatic carbocycles. The molecule has 9 nitrogen and oxygen atoms in total. The molecular formula is C38H64O9S. The van der Waals surface area contributed by atoms with Crippen molar-refractivity contribution >= 4 is 41.2 Å². The van der Waals surface area contributed by atoms with E-state index in [2.05, 4.69) is 13.8 Å². The summed E-state index contributed by atoms with van der Waals surface area (Å²) in [6.07, 6.45) is 12.3. The van der Waals surface area contributed by atoms with Crippen LogP contribution in [0.25, 0.3) is 0 Å². The summed E-state index contributed by atoms with van der Waals surface area (Å²) >= 11 is 1.75. The zero-order valence-electron chi connectivity index (χ0n) is 31.5. The van der Waals surface area contributed by atoms with Crippen molar-refractivity contribution in [1.29, 1.82) is 0 Å². The fourth-order valence-electron chi connectivity index (χ4n) is 7.79. The number of aliphatic hydroxyl groups is 1. The van der Waals surface area contributed by atoms with Crippen LogP contribution in [-0.4, -0.2) is 72.0 Å². The molecule has 9 unspecified atom stereocenters. The number of ether oxygens (including phenoxy) is 3. The third-order valence-electron chi connectivity index (χ3n) is 10.8. The molecule has 48 heavy (non-hydrogen) atoms. The second-order valence-electron chi connectivity index (χ2n) is 14.5. The summed E-state index contributed by atoms with van der Waals surface area (Å²) < 4.78 is 15.0. The van der Waals surface area contributed by atoms with Crippen LogP contribution >= 0.6 is 11.8 Å². The van der Waals surface area contributed by atoms with Gasteiger partial charge in [0, 0.05) is 31.6 Å². The Labute approximate surface area is 294 Å². The van der Waals surface area contributed by atoms with Gasteiger partial charge in [0.2, 0.25) is 0 Å². The SMILES string of the molecule is CCC(C)O.CCC(C)OC(=O)OCC(=O)C1CCC2C3CCC4=CC(=O)CCC4(C)C3C(=O)CC12C.CCC(C)OC(C)=O.CSC. The van der Waals surface area contributed by atoms with Crippen molar-refractivity contribution in [1.82, 2.24) is 0 Å². The molecule has 0 spiro atoms. The van der Waals surface area contributed by atoms with Gasteiger partial charge in [-0.3, -0.25) is 19.2 Å². The Balaban J connectivity index is 0.000000600. The lowest BCUT2D eigenvalue weighted by Crippen LogP contribution is -2.55. The lowest BCUT2D eigenvalue weighted by atomic mass is 9.46. The summed E-state index contributed by atoms with van der Waals surface area (Å²) in [5.74, 6) is 0.367. The lowest BCUT2D eigenvalue weighted by molar-refractivity contribution is -0.149. The summed E-state index contributed by atoms with van der Waals surface area (Å²) in [6, 6.07) is 0. The lowest BCUT2D eigenvalue weighted by Gasteiger charge is -2.56. The molecule has 0 aromatic carbocycles. The molecule has 10 heteroatoms. The van der Waals surface area contributed by atoms with Crippen molar-refractivity contribution in [2.75, 3.05) is 19.1 Å². The largest absolute Gasteiger partial charge is 0.508 e. The first-order chi connectivity index (χ1) is 22.4. The van der Waals surface area contributed by atoms with E-state index >= 15 is 0 Å². The molecule has 4 aliphatic rings. The molecule has 0 saturated heterocycles. The number of thioether (sulfide) groups is 1. The number of ketones is 3. The van der Waals surface area contributed by atoms with Crippen LogP contribution in [0.2, 0.25) is 0 Å². The van der Waals surface area contributed by atoms with Crippen LogP contribution in [0.1, 0.15) is 127 Å². The van der Waals surface area contributed by atoms with Crippen LogP contribution in [0.4, 0.5) is 4.79 Å². The zero-order chi connectivity index (χ0) is 36.8. The maximum atomic E-state index is 13.6. The van der Waals surface area contributed by atoms with E-state index in [4.69, 9.17) is 19.3 Å². The molecule has 3 saturated carbocycles. The van der Waals surface area contributed by atoms with Gasteiger partial charge in [0.05, 0.1) is 12.2 Å². The summed E-state index contributed by atoms with van der Waals surface area (Å²) in [5.41, 5.74) is 0.549. The van der Waals surface area contributed by atoms with Gasteiger partial charge >= 0.3 is 12.1 Å². The molecular weight excluding hydrogens is 632 g/mol. The molecule has 0 amide bonds. The number of aliphatic hydroxyl groups excluding tert-OH is 1. The Kier molecular flexibility index (Phi) is 18.7. The molecule has 1 N–H and O–H groups in total. The number of Topliss-reactive ketones (excluding diaryl/α,β-unsaturated/α-hetero) is 2. The number of hydrogen-bond acceptors (Lipinski definition) is 10. The quantitative estimate of drug-likeness (QED) is 0.249. The van der Waals surface area contributed by atoms with E-state index in [0.29, 0.717) is 25.2 Å². The van der Waals surface area contributed by atoms with Gasteiger partial charge in [0.25, 0.3) is 0 Å². The third-order valence-corrected chi connectivity index (χ3v) is 10.8. The monoisotopic (exact) mass is 696 g/mol. The Morgan fingerprint density at radius 2 is 1.50 bits per heavy atom. The Bertz CT molecular complexity index is 1120. The molecule has 276 valence electrons. The highest BCUT2D eigenvalue weighted by Crippen LogP contribution is 2.65. The molecule has 0 radical (unpaired) electrons. The predicted molar refractivity (Wildman–Crippen MR) is 191 cm³/mol. The van der Waals surface area contributed by atoms with E-state index in [0.717, 1.165) is 50.5 Å². The number of hydrogen-bond donors (Lipinski definition) is 1. The zero-order valence-corrected chi connectivity index (χ0v) is 32.3. The van der Waals surface area contributed by atoms with Crippen molar-refractivity contribution < 1.29 is 43.3 Å². The third kappa shape index (κ3) is 12.0. The average Bonchev–Trinajstić information content (AvgIpc) is 3.37. The first kappa shape index (κ1) is 43.8. The van der Waals surface area contributed by atoms with E-state index < -0.39 is 6.16 Å². The first-order valence-corrected chi connectivity index (χ1v) is 19.5. The van der Waals surface area contributed by atoms with E-state index in [-0.39, 0.29) is 76.8 Å². The molecule has 0 aliphatic heterocycles. The number of allylic oxidation sites excluding steroid dienone is 1. The molecule has 0 bridgehead atoms. The molecule has 0 aromatic heterocycles. The molecule has 0 aromatic rings. The van der Waals surface area contributed by atoms with Crippen molar-refractivity contribution in [3.63, 3.8) is 0 Å². The Morgan fingerprint density at radius 3 is 2.00 bits per heavy atom. The fourth-order valence-corrected chi connectivity index (χ4v) is 7.79. The summed E-state index contributed by atoms with van der Waals surface area (Å²) in [7, 11) is 0. The molecule has 9 atom stereocenters. The van der Waals surface area contributed by atoms with Crippen LogP contribution in [0, 0.1) is 34.5 Å². The van der Waals surface area contributed by atoms with E-state index in [1.807, 2.05) is 40.2 Å². The number of rotatable bonds is 8. The molecule has 0 heterocycles. The number of carbonyl (C=O) groups excluding carboxylic acids is 5. The van der Waals surface area contributed by atoms with Crippen molar-refractivity contribution in [3.8, 4) is 0 Å². The number of carbonyl (C=O) groups is 5. The highest BCUT2D eigenvalue weighted by Gasteiger charge is 2.63. The van der Waals surface area contributed by atoms with Crippen molar-refractivity contribution in [3.05, 3.63) is 11.6 Å². The molecule has 4 rings (SSSR count). The Morgan fingerprint density at radius 1 is 0.938 bits per heavy atom. The van der Waals surface area contributed by atoms with Crippen molar-refractivity contribution in [2.45, 2.75) is 145 Å².